The fraction of sp³-hybridized carbons (Fsp3) is 0.579. The average Bonchev–Trinajstić information content (AvgIpc) is 3.00. The van der Waals surface area contributed by atoms with Crippen molar-refractivity contribution in [1.82, 2.24) is 4.90 Å². The zero-order valence-corrected chi connectivity index (χ0v) is 14.9. The molecule has 2 fully saturated rings. The van der Waals surface area contributed by atoms with E-state index in [4.69, 9.17) is 9.47 Å². The van der Waals surface area contributed by atoms with Crippen molar-refractivity contribution in [3.63, 3.8) is 0 Å². The molecule has 0 unspecified atom stereocenters. The molecule has 1 aromatic carbocycles. The van der Waals surface area contributed by atoms with Crippen molar-refractivity contribution >= 4 is 17.5 Å². The van der Waals surface area contributed by atoms with E-state index >= 15 is 0 Å². The Kier molecular flexibility index (Phi) is 5.39. The maximum Gasteiger partial charge on any atom is 0.253 e. The molecule has 1 aromatic rings. The molecule has 0 N–H and O–H groups in total. The van der Waals surface area contributed by atoms with E-state index in [1.165, 1.54) is 7.11 Å². The van der Waals surface area contributed by atoms with Crippen molar-refractivity contribution in [3.8, 4) is 0 Å². The fourth-order valence-corrected chi connectivity index (χ4v) is 3.90. The molecule has 0 saturated carbocycles. The van der Waals surface area contributed by atoms with E-state index in [1.54, 1.807) is 6.92 Å². The van der Waals surface area contributed by atoms with Crippen molar-refractivity contribution in [1.29, 1.82) is 0 Å². The number of nitrogens with zero attached hydrogens (tertiary/aromatic N) is 2. The predicted molar refractivity (Wildman–Crippen MR) is 94.4 cm³/mol. The van der Waals surface area contributed by atoms with Crippen LogP contribution < -0.4 is 4.90 Å². The Morgan fingerprint density at radius 3 is 2.56 bits per heavy atom. The molecule has 2 heterocycles. The lowest BCUT2D eigenvalue weighted by Gasteiger charge is -2.38. The van der Waals surface area contributed by atoms with Crippen LogP contribution in [0.25, 0.3) is 0 Å². The molecule has 3 rings (SSSR count). The number of benzene rings is 1. The number of carbonyl (C=O) groups is 2. The van der Waals surface area contributed by atoms with Crippen molar-refractivity contribution < 1.29 is 19.1 Å². The molecular formula is C19H26N2O4. The summed E-state index contributed by atoms with van der Waals surface area (Å²) < 4.78 is 11.2. The van der Waals surface area contributed by atoms with Crippen molar-refractivity contribution in [2.24, 2.45) is 0 Å². The lowest BCUT2D eigenvalue weighted by atomic mass is 9.87. The molecule has 0 aliphatic carbocycles. The van der Waals surface area contributed by atoms with Crippen molar-refractivity contribution in [2.75, 3.05) is 38.3 Å². The van der Waals surface area contributed by atoms with Gasteiger partial charge in [-0.15, -0.1) is 0 Å². The zero-order valence-electron chi connectivity index (χ0n) is 14.9. The highest BCUT2D eigenvalue weighted by atomic mass is 16.5. The summed E-state index contributed by atoms with van der Waals surface area (Å²) in [4.78, 5) is 27.9. The van der Waals surface area contributed by atoms with Gasteiger partial charge in [0, 0.05) is 32.8 Å². The van der Waals surface area contributed by atoms with E-state index in [2.05, 4.69) is 0 Å². The summed E-state index contributed by atoms with van der Waals surface area (Å²) >= 11 is 0. The lowest BCUT2D eigenvalue weighted by Crippen LogP contribution is -2.47. The van der Waals surface area contributed by atoms with Gasteiger partial charge in [-0.3, -0.25) is 9.59 Å². The topological polar surface area (TPSA) is 59.1 Å². The zero-order chi connectivity index (χ0) is 17.9. The summed E-state index contributed by atoms with van der Waals surface area (Å²) in [6.07, 6.45) is 2.44. The van der Waals surface area contributed by atoms with Crippen molar-refractivity contribution in [2.45, 2.75) is 37.8 Å². The van der Waals surface area contributed by atoms with Crippen LogP contribution in [0, 0.1) is 0 Å². The average molecular weight is 346 g/mol. The third-order valence-electron chi connectivity index (χ3n) is 5.25. The maximum atomic E-state index is 12.6. The van der Waals surface area contributed by atoms with Gasteiger partial charge in [-0.2, -0.15) is 0 Å². The molecule has 2 amide bonds. The smallest absolute Gasteiger partial charge is 0.253 e. The molecule has 0 bridgehead atoms. The van der Waals surface area contributed by atoms with Crippen molar-refractivity contribution in [3.05, 3.63) is 30.3 Å². The highest BCUT2D eigenvalue weighted by Gasteiger charge is 2.45. The molecule has 2 saturated heterocycles. The number of para-hydroxylation sites is 1. The Morgan fingerprint density at radius 1 is 1.28 bits per heavy atom. The number of carbonyl (C=O) groups excluding carboxylic acids is 2. The second kappa shape index (κ2) is 7.54. The Morgan fingerprint density at radius 2 is 1.96 bits per heavy atom. The molecule has 1 atom stereocenters. The number of piperidine rings is 1. The molecule has 2 aliphatic rings. The monoisotopic (exact) mass is 346 g/mol. The first-order chi connectivity index (χ1) is 12.0. The molecule has 25 heavy (non-hydrogen) atoms. The summed E-state index contributed by atoms with van der Waals surface area (Å²) in [5.41, 5.74) is 0.646. The summed E-state index contributed by atoms with van der Waals surface area (Å²) in [6, 6.07) is 9.67. The summed E-state index contributed by atoms with van der Waals surface area (Å²) in [5, 5.41) is 0. The van der Waals surface area contributed by atoms with Crippen LogP contribution in [0.4, 0.5) is 5.69 Å². The number of methoxy groups -OCH3 is 1. The lowest BCUT2D eigenvalue weighted by molar-refractivity contribution is -0.133. The van der Waals surface area contributed by atoms with Gasteiger partial charge in [-0.1, -0.05) is 18.2 Å². The number of hydrogen-bond donors (Lipinski definition) is 0. The maximum absolute atomic E-state index is 12.6. The van der Waals surface area contributed by atoms with Gasteiger partial charge in [0.1, 0.15) is 6.61 Å². The van der Waals surface area contributed by atoms with Gasteiger partial charge in [0.05, 0.1) is 18.2 Å². The van der Waals surface area contributed by atoms with Gasteiger partial charge >= 0.3 is 0 Å². The number of hydrogen-bond acceptors (Lipinski definition) is 4. The SMILES string of the molecule is COCC(=O)N(c1ccccc1)[C@@H]1COC2(CCN(C(C)=O)CC2)C1. The molecule has 136 valence electrons. The second-order valence-corrected chi connectivity index (χ2v) is 6.89. The highest BCUT2D eigenvalue weighted by molar-refractivity contribution is 5.95. The molecule has 2 aliphatic heterocycles. The summed E-state index contributed by atoms with van der Waals surface area (Å²) in [6.45, 7) is 3.62. The van der Waals surface area contributed by atoms with Gasteiger partial charge in [0.25, 0.3) is 5.91 Å². The molecule has 6 heteroatoms. The minimum Gasteiger partial charge on any atom is -0.375 e. The van der Waals surface area contributed by atoms with Crippen LogP contribution in [0.5, 0.6) is 0 Å². The third kappa shape index (κ3) is 3.85. The van der Waals surface area contributed by atoms with E-state index < -0.39 is 0 Å². The standard InChI is InChI=1S/C19H26N2O4/c1-15(22)20-10-8-19(9-11-20)12-17(13-25-19)21(18(23)14-24-2)16-6-4-3-5-7-16/h3-7,17H,8-14H2,1-2H3/t17-/m0/s1. The molecule has 0 aromatic heterocycles. The van der Waals surface area contributed by atoms with Crippen LogP contribution >= 0.6 is 0 Å². The molecule has 6 nitrogen and oxygen atoms in total. The quantitative estimate of drug-likeness (QED) is 0.835. The highest BCUT2D eigenvalue weighted by Crippen LogP contribution is 2.38. The Labute approximate surface area is 148 Å². The number of anilines is 1. The van der Waals surface area contributed by atoms with E-state index in [-0.39, 0.29) is 30.1 Å². The minimum atomic E-state index is -0.225. The summed E-state index contributed by atoms with van der Waals surface area (Å²) in [5.74, 6) is 0.0612. The largest absolute Gasteiger partial charge is 0.375 e. The van der Waals surface area contributed by atoms with Gasteiger partial charge in [-0.05, 0) is 31.4 Å². The number of rotatable bonds is 4. The predicted octanol–water partition coefficient (Wildman–Crippen LogP) is 1.84. The normalized spacial score (nSPS) is 22.2. The molecular weight excluding hydrogens is 320 g/mol. The molecule has 1 spiro atoms. The minimum absolute atomic E-state index is 0.00562. The van der Waals surface area contributed by atoms with Gasteiger partial charge in [0.15, 0.2) is 0 Å². The fourth-order valence-electron chi connectivity index (χ4n) is 3.90. The second-order valence-electron chi connectivity index (χ2n) is 6.89. The van der Waals surface area contributed by atoms with Crippen LogP contribution in [0.2, 0.25) is 0 Å². The van der Waals surface area contributed by atoms with Crippen LogP contribution in [0.1, 0.15) is 26.2 Å². The van der Waals surface area contributed by atoms with Crippen LogP contribution in [-0.4, -0.2) is 61.8 Å². The Bertz CT molecular complexity index is 611. The molecule has 0 radical (unpaired) electrons. The first-order valence-corrected chi connectivity index (χ1v) is 8.80. The summed E-state index contributed by atoms with van der Waals surface area (Å²) in [7, 11) is 1.53. The number of amides is 2. The first-order valence-electron chi connectivity index (χ1n) is 8.80. The van der Waals surface area contributed by atoms with Gasteiger partial charge in [0.2, 0.25) is 5.91 Å². The van der Waals surface area contributed by atoms with Crippen LogP contribution in [0.3, 0.4) is 0 Å². The van der Waals surface area contributed by atoms with E-state index in [9.17, 15) is 9.59 Å². The van der Waals surface area contributed by atoms with E-state index in [0.717, 1.165) is 38.0 Å². The van der Waals surface area contributed by atoms with Crippen LogP contribution in [0.15, 0.2) is 30.3 Å². The van der Waals surface area contributed by atoms with Gasteiger partial charge < -0.3 is 19.3 Å². The number of ether oxygens (including phenoxy) is 2. The number of likely N-dealkylation sites (tertiary alicyclic amines) is 1. The Hall–Kier alpha value is -1.92. The van der Waals surface area contributed by atoms with E-state index in [0.29, 0.717) is 6.61 Å². The first kappa shape index (κ1) is 17.9. The third-order valence-corrected chi connectivity index (χ3v) is 5.25. The van der Waals surface area contributed by atoms with Gasteiger partial charge in [-0.25, -0.2) is 0 Å². The Balaban J connectivity index is 1.73. The van der Waals surface area contributed by atoms with Crippen LogP contribution in [-0.2, 0) is 19.1 Å². The van der Waals surface area contributed by atoms with E-state index in [1.807, 2.05) is 40.1 Å².